The van der Waals surface area contributed by atoms with Crippen molar-refractivity contribution in [1.29, 1.82) is 0 Å². The van der Waals surface area contributed by atoms with Gasteiger partial charge >= 0.3 is 0 Å². The number of benzene rings is 1. The van der Waals surface area contributed by atoms with E-state index in [0.29, 0.717) is 5.78 Å². The van der Waals surface area contributed by atoms with E-state index in [1.54, 1.807) is 0 Å². The first-order valence-electron chi connectivity index (χ1n) is 7.96. The number of halogens is 1. The molecule has 0 unspecified atom stereocenters. The van der Waals surface area contributed by atoms with Gasteiger partial charge in [0.1, 0.15) is 5.82 Å². The molecular weight excluding hydrogens is 354 g/mol. The van der Waals surface area contributed by atoms with Gasteiger partial charge in [-0.1, -0.05) is 22.9 Å². The molecule has 118 valence electrons. The first-order chi connectivity index (χ1) is 11.2. The molecule has 5 nitrogen and oxygen atoms in total. The molecule has 2 heterocycles. The van der Waals surface area contributed by atoms with Crippen LogP contribution in [0.2, 0.25) is 0 Å². The second-order valence-electron chi connectivity index (χ2n) is 5.92. The fourth-order valence-corrected chi connectivity index (χ4v) is 3.31. The summed E-state index contributed by atoms with van der Waals surface area (Å²) in [5.41, 5.74) is 4.68. The van der Waals surface area contributed by atoms with E-state index in [1.165, 1.54) is 11.1 Å². The highest BCUT2D eigenvalue weighted by atomic mass is 79.9. The summed E-state index contributed by atoms with van der Waals surface area (Å²) in [7, 11) is 0. The fraction of sp³-hybridized carbons (Fsp3) is 0.353. The largest absolute Gasteiger partial charge is 0.340 e. The molecule has 0 aliphatic heterocycles. The number of aromatic nitrogens is 4. The predicted octanol–water partition coefficient (Wildman–Crippen LogP) is 3.99. The van der Waals surface area contributed by atoms with Gasteiger partial charge in [-0.15, -0.1) is 5.10 Å². The van der Waals surface area contributed by atoms with Gasteiger partial charge < -0.3 is 5.32 Å². The van der Waals surface area contributed by atoms with Crippen molar-refractivity contribution in [2.75, 3.05) is 5.32 Å². The Kier molecular flexibility index (Phi) is 3.56. The zero-order valence-electron chi connectivity index (χ0n) is 13.2. The van der Waals surface area contributed by atoms with Crippen LogP contribution in [0.4, 0.5) is 11.5 Å². The van der Waals surface area contributed by atoms with Crippen LogP contribution >= 0.6 is 15.9 Å². The average molecular weight is 372 g/mol. The van der Waals surface area contributed by atoms with Crippen molar-refractivity contribution >= 4 is 33.2 Å². The van der Waals surface area contributed by atoms with Gasteiger partial charge in [0.25, 0.3) is 5.78 Å². The smallest absolute Gasteiger partial charge is 0.254 e. The van der Waals surface area contributed by atoms with Gasteiger partial charge in [0.2, 0.25) is 0 Å². The predicted molar refractivity (Wildman–Crippen MR) is 94.3 cm³/mol. The number of nitrogens with one attached hydrogen (secondary N) is 1. The van der Waals surface area contributed by atoms with Crippen LogP contribution in [-0.4, -0.2) is 19.6 Å². The van der Waals surface area contributed by atoms with Crippen LogP contribution in [0, 0.1) is 6.92 Å². The van der Waals surface area contributed by atoms with Gasteiger partial charge in [-0.05, 0) is 49.9 Å². The summed E-state index contributed by atoms with van der Waals surface area (Å²) in [6.07, 6.45) is 4.01. The first-order valence-corrected chi connectivity index (χ1v) is 8.75. The Bertz CT molecular complexity index is 900. The Morgan fingerprint density at radius 3 is 2.91 bits per heavy atom. The second kappa shape index (κ2) is 5.60. The summed E-state index contributed by atoms with van der Waals surface area (Å²) < 4.78 is 2.97. The zero-order valence-corrected chi connectivity index (χ0v) is 14.8. The number of hydrogen-bond donors (Lipinski definition) is 1. The lowest BCUT2D eigenvalue weighted by molar-refractivity contribution is 0.874. The highest BCUT2D eigenvalue weighted by molar-refractivity contribution is 9.10. The first kappa shape index (κ1) is 14.6. The molecule has 23 heavy (non-hydrogen) atoms. The number of aryl methyl sites for hydroxylation is 3. The molecule has 0 bridgehead atoms. The summed E-state index contributed by atoms with van der Waals surface area (Å²) in [4.78, 5) is 9.24. The highest BCUT2D eigenvalue weighted by Gasteiger charge is 2.22. The average Bonchev–Trinajstić information content (AvgIpc) is 3.16. The third kappa shape index (κ3) is 2.51. The highest BCUT2D eigenvalue weighted by Crippen LogP contribution is 2.31. The summed E-state index contributed by atoms with van der Waals surface area (Å²) in [5.74, 6) is 2.53. The van der Waals surface area contributed by atoms with Gasteiger partial charge in [0.15, 0.2) is 5.82 Å². The minimum atomic E-state index is 0.693. The van der Waals surface area contributed by atoms with Crippen LogP contribution in [0.25, 0.3) is 5.78 Å². The molecule has 0 spiro atoms. The Morgan fingerprint density at radius 2 is 2.13 bits per heavy atom. The Morgan fingerprint density at radius 1 is 1.26 bits per heavy atom. The van der Waals surface area contributed by atoms with Crippen LogP contribution in [0.15, 0.2) is 22.7 Å². The molecule has 6 heteroatoms. The summed E-state index contributed by atoms with van der Waals surface area (Å²) in [6, 6.07) is 6.27. The van der Waals surface area contributed by atoms with Crippen molar-refractivity contribution in [3.8, 4) is 0 Å². The molecule has 2 aromatic heterocycles. The molecule has 0 atom stereocenters. The molecule has 1 N–H and O–H groups in total. The van der Waals surface area contributed by atoms with E-state index < -0.39 is 0 Å². The van der Waals surface area contributed by atoms with Crippen molar-refractivity contribution in [2.24, 2.45) is 0 Å². The van der Waals surface area contributed by atoms with Crippen molar-refractivity contribution in [3.05, 3.63) is 45.3 Å². The van der Waals surface area contributed by atoms with Gasteiger partial charge in [-0.3, -0.25) is 0 Å². The van der Waals surface area contributed by atoms with E-state index in [9.17, 15) is 0 Å². The lowest BCUT2D eigenvalue weighted by atomic mass is 10.2. The van der Waals surface area contributed by atoms with Crippen molar-refractivity contribution in [2.45, 2.75) is 39.5 Å². The minimum absolute atomic E-state index is 0.693. The molecular formula is C17H18BrN5. The normalized spacial score (nSPS) is 13.5. The summed E-state index contributed by atoms with van der Waals surface area (Å²) >= 11 is 3.55. The molecule has 1 aliphatic rings. The molecule has 0 fully saturated rings. The molecule has 1 aliphatic carbocycles. The summed E-state index contributed by atoms with van der Waals surface area (Å²) in [6.45, 7) is 4.15. The second-order valence-corrected chi connectivity index (χ2v) is 6.78. The van der Waals surface area contributed by atoms with E-state index in [1.807, 2.05) is 4.52 Å². The molecule has 4 rings (SSSR count). The van der Waals surface area contributed by atoms with Gasteiger partial charge in [-0.2, -0.15) is 9.50 Å². The van der Waals surface area contributed by atoms with Crippen molar-refractivity contribution in [1.82, 2.24) is 19.6 Å². The zero-order chi connectivity index (χ0) is 16.0. The number of fused-ring (bicyclic) bond motifs is 2. The number of rotatable bonds is 3. The van der Waals surface area contributed by atoms with E-state index in [2.05, 4.69) is 63.4 Å². The third-order valence-electron chi connectivity index (χ3n) is 4.29. The molecule has 1 aromatic carbocycles. The maximum Gasteiger partial charge on any atom is 0.254 e. The number of hydrogen-bond acceptors (Lipinski definition) is 4. The summed E-state index contributed by atoms with van der Waals surface area (Å²) in [5, 5.41) is 8.17. The molecule has 3 aromatic rings. The Labute approximate surface area is 143 Å². The topological polar surface area (TPSA) is 55.1 Å². The monoisotopic (exact) mass is 371 g/mol. The van der Waals surface area contributed by atoms with Crippen LogP contribution in [-0.2, 0) is 19.3 Å². The standard InChI is InChI=1S/C17H18BrN5/c1-3-15-21-17-20-14-6-4-5-12(14)16(23(17)22-15)19-11-7-8-13(18)10(2)9-11/h7-9,19H,3-6H2,1-2H3. The minimum Gasteiger partial charge on any atom is -0.340 e. The van der Waals surface area contributed by atoms with E-state index in [0.717, 1.165) is 53.2 Å². The van der Waals surface area contributed by atoms with Crippen LogP contribution in [0.1, 0.15) is 36.0 Å². The number of nitrogens with zero attached hydrogens (tertiary/aromatic N) is 4. The van der Waals surface area contributed by atoms with E-state index >= 15 is 0 Å². The Hall–Kier alpha value is -1.95. The lowest BCUT2D eigenvalue weighted by Crippen LogP contribution is -2.07. The van der Waals surface area contributed by atoms with E-state index in [-0.39, 0.29) is 0 Å². The van der Waals surface area contributed by atoms with E-state index in [4.69, 9.17) is 4.98 Å². The SMILES string of the molecule is CCc1nc2nc3c(c(Nc4ccc(Br)c(C)c4)n2n1)CCC3. The Balaban J connectivity index is 1.86. The quantitative estimate of drug-likeness (QED) is 0.755. The molecule has 0 radical (unpaired) electrons. The van der Waals surface area contributed by atoms with Gasteiger partial charge in [-0.25, -0.2) is 4.98 Å². The number of anilines is 2. The molecule has 0 saturated heterocycles. The third-order valence-corrected chi connectivity index (χ3v) is 5.18. The van der Waals surface area contributed by atoms with Gasteiger partial charge in [0.05, 0.1) is 5.69 Å². The lowest BCUT2D eigenvalue weighted by Gasteiger charge is -2.13. The van der Waals surface area contributed by atoms with Crippen LogP contribution in [0.3, 0.4) is 0 Å². The molecule has 0 amide bonds. The van der Waals surface area contributed by atoms with Crippen LogP contribution in [0.5, 0.6) is 0 Å². The molecule has 0 saturated carbocycles. The van der Waals surface area contributed by atoms with Crippen molar-refractivity contribution in [3.63, 3.8) is 0 Å². The van der Waals surface area contributed by atoms with Crippen molar-refractivity contribution < 1.29 is 0 Å². The maximum absolute atomic E-state index is 4.70. The van der Waals surface area contributed by atoms with Crippen LogP contribution < -0.4 is 5.32 Å². The van der Waals surface area contributed by atoms with Gasteiger partial charge in [0, 0.05) is 22.1 Å². The fourth-order valence-electron chi connectivity index (χ4n) is 3.06. The maximum atomic E-state index is 4.70.